The van der Waals surface area contributed by atoms with E-state index in [1.807, 2.05) is 4.68 Å². The van der Waals surface area contributed by atoms with E-state index in [9.17, 15) is 0 Å². The van der Waals surface area contributed by atoms with Crippen LogP contribution in [0, 0.1) is 11.3 Å². The smallest absolute Gasteiger partial charge is 0.128 e. The molecule has 0 radical (unpaired) electrons. The molecule has 1 aromatic heterocycles. The first-order valence-corrected chi connectivity index (χ1v) is 5.87. The molecule has 2 N–H and O–H groups in total. The van der Waals surface area contributed by atoms with Crippen molar-refractivity contribution < 1.29 is 0 Å². The van der Waals surface area contributed by atoms with Crippen molar-refractivity contribution in [2.75, 3.05) is 0 Å². The topological polar surface area (TPSA) is 67.6 Å². The van der Waals surface area contributed by atoms with Crippen LogP contribution in [0.25, 0.3) is 0 Å². The zero-order chi connectivity index (χ0) is 11.7. The SMILES string of the molecule is CC(C)c1nn(CC#N)c2c1C(N)CCC2. The lowest BCUT2D eigenvalue weighted by atomic mass is 9.89. The second kappa shape index (κ2) is 4.26. The maximum Gasteiger partial charge on any atom is 0.128 e. The summed E-state index contributed by atoms with van der Waals surface area (Å²) >= 11 is 0. The summed E-state index contributed by atoms with van der Waals surface area (Å²) in [5.74, 6) is 0.373. The highest BCUT2D eigenvalue weighted by Gasteiger charge is 2.27. The highest BCUT2D eigenvalue weighted by molar-refractivity contribution is 5.34. The van der Waals surface area contributed by atoms with E-state index in [4.69, 9.17) is 11.0 Å². The Morgan fingerprint density at radius 1 is 1.62 bits per heavy atom. The number of nitrogens with two attached hydrogens (primary N) is 1. The van der Waals surface area contributed by atoms with Crippen molar-refractivity contribution in [2.45, 2.75) is 51.6 Å². The van der Waals surface area contributed by atoms with Crippen molar-refractivity contribution in [1.82, 2.24) is 9.78 Å². The summed E-state index contributed by atoms with van der Waals surface area (Å²) in [5, 5.41) is 13.3. The summed E-state index contributed by atoms with van der Waals surface area (Å²) in [6, 6.07) is 2.27. The van der Waals surface area contributed by atoms with Crippen LogP contribution in [0.2, 0.25) is 0 Å². The van der Waals surface area contributed by atoms with Crippen LogP contribution in [0.4, 0.5) is 0 Å². The number of rotatable bonds is 2. The molecule has 0 spiro atoms. The Kier molecular flexibility index (Phi) is 2.97. The van der Waals surface area contributed by atoms with Gasteiger partial charge in [-0.2, -0.15) is 10.4 Å². The number of hydrogen-bond donors (Lipinski definition) is 1. The van der Waals surface area contributed by atoms with E-state index in [-0.39, 0.29) is 6.04 Å². The molecule has 1 aliphatic rings. The molecular weight excluding hydrogens is 200 g/mol. The molecule has 4 heteroatoms. The van der Waals surface area contributed by atoms with Crippen LogP contribution in [0.15, 0.2) is 0 Å². The molecular formula is C12H18N4. The molecule has 0 fully saturated rings. The largest absolute Gasteiger partial charge is 0.324 e. The molecule has 86 valence electrons. The van der Waals surface area contributed by atoms with Gasteiger partial charge in [0.1, 0.15) is 6.54 Å². The Morgan fingerprint density at radius 2 is 2.38 bits per heavy atom. The third-order valence-electron chi connectivity index (χ3n) is 3.19. The van der Waals surface area contributed by atoms with Gasteiger partial charge in [-0.1, -0.05) is 13.8 Å². The lowest BCUT2D eigenvalue weighted by molar-refractivity contribution is 0.540. The van der Waals surface area contributed by atoms with Crippen LogP contribution in [0.3, 0.4) is 0 Å². The second-order valence-corrected chi connectivity index (χ2v) is 4.71. The molecule has 0 aromatic carbocycles. The minimum absolute atomic E-state index is 0.105. The predicted octanol–water partition coefficient (Wildman–Crippen LogP) is 1.87. The van der Waals surface area contributed by atoms with Crippen LogP contribution in [-0.4, -0.2) is 9.78 Å². The van der Waals surface area contributed by atoms with Gasteiger partial charge in [-0.3, -0.25) is 4.68 Å². The zero-order valence-electron chi connectivity index (χ0n) is 9.90. The number of nitrogens with zero attached hydrogens (tertiary/aromatic N) is 3. The van der Waals surface area contributed by atoms with Crippen LogP contribution < -0.4 is 5.73 Å². The van der Waals surface area contributed by atoms with Gasteiger partial charge in [0.2, 0.25) is 0 Å². The van der Waals surface area contributed by atoms with Crippen LogP contribution in [-0.2, 0) is 13.0 Å². The molecule has 16 heavy (non-hydrogen) atoms. The Hall–Kier alpha value is -1.34. The fraction of sp³-hybridized carbons (Fsp3) is 0.667. The number of nitriles is 1. The maximum atomic E-state index is 8.79. The van der Waals surface area contributed by atoms with Crippen LogP contribution in [0.5, 0.6) is 0 Å². The summed E-state index contributed by atoms with van der Waals surface area (Å²) < 4.78 is 1.84. The highest BCUT2D eigenvalue weighted by atomic mass is 15.3. The molecule has 4 nitrogen and oxygen atoms in total. The van der Waals surface area contributed by atoms with Gasteiger partial charge in [-0.15, -0.1) is 0 Å². The van der Waals surface area contributed by atoms with Crippen LogP contribution >= 0.6 is 0 Å². The molecule has 1 atom stereocenters. The van der Waals surface area contributed by atoms with Gasteiger partial charge in [0.25, 0.3) is 0 Å². The van der Waals surface area contributed by atoms with E-state index >= 15 is 0 Å². The summed E-state index contributed by atoms with van der Waals surface area (Å²) in [5.41, 5.74) is 9.63. The maximum absolute atomic E-state index is 8.79. The first-order chi connectivity index (χ1) is 7.65. The van der Waals surface area contributed by atoms with E-state index in [0.717, 1.165) is 25.0 Å². The number of aromatic nitrogens is 2. The van der Waals surface area contributed by atoms with Crippen molar-refractivity contribution in [3.63, 3.8) is 0 Å². The molecule has 0 bridgehead atoms. The Labute approximate surface area is 96.0 Å². The lowest BCUT2D eigenvalue weighted by Gasteiger charge is -2.20. The van der Waals surface area contributed by atoms with Gasteiger partial charge in [0.05, 0.1) is 11.8 Å². The van der Waals surface area contributed by atoms with Crippen molar-refractivity contribution in [3.8, 4) is 6.07 Å². The Balaban J connectivity index is 2.52. The Bertz CT molecular complexity index is 425. The Morgan fingerprint density at radius 3 is 3.00 bits per heavy atom. The predicted molar refractivity (Wildman–Crippen MR) is 61.8 cm³/mol. The summed E-state index contributed by atoms with van der Waals surface area (Å²) in [6.07, 6.45) is 3.14. The minimum Gasteiger partial charge on any atom is -0.324 e. The second-order valence-electron chi connectivity index (χ2n) is 4.71. The van der Waals surface area contributed by atoms with E-state index in [2.05, 4.69) is 25.0 Å². The molecule has 0 amide bonds. The summed E-state index contributed by atoms with van der Waals surface area (Å²) in [6.45, 7) is 4.59. The normalized spacial score (nSPS) is 19.6. The lowest BCUT2D eigenvalue weighted by Crippen LogP contribution is -2.19. The van der Waals surface area contributed by atoms with Crippen molar-refractivity contribution >= 4 is 0 Å². The standard InChI is InChI=1S/C12H18N4/c1-8(2)12-11-9(14)4-3-5-10(11)16(15-12)7-6-13/h8-9H,3-5,7,14H2,1-2H3. The number of hydrogen-bond acceptors (Lipinski definition) is 3. The molecule has 2 rings (SSSR count). The van der Waals surface area contributed by atoms with E-state index in [1.54, 1.807) is 0 Å². The molecule has 0 saturated heterocycles. The third-order valence-corrected chi connectivity index (χ3v) is 3.19. The molecule has 1 heterocycles. The molecule has 1 unspecified atom stereocenters. The first kappa shape index (κ1) is 11.2. The van der Waals surface area contributed by atoms with E-state index in [0.29, 0.717) is 12.5 Å². The minimum atomic E-state index is 0.105. The highest BCUT2D eigenvalue weighted by Crippen LogP contribution is 2.33. The van der Waals surface area contributed by atoms with Gasteiger partial charge in [-0.05, 0) is 25.2 Å². The van der Waals surface area contributed by atoms with Crippen molar-refractivity contribution in [3.05, 3.63) is 17.0 Å². The van der Waals surface area contributed by atoms with Gasteiger partial charge < -0.3 is 5.73 Å². The molecule has 0 aliphatic heterocycles. The van der Waals surface area contributed by atoms with E-state index < -0.39 is 0 Å². The van der Waals surface area contributed by atoms with Gasteiger partial charge in [0, 0.05) is 17.3 Å². The van der Waals surface area contributed by atoms with Gasteiger partial charge >= 0.3 is 0 Å². The molecule has 1 aliphatic carbocycles. The number of fused-ring (bicyclic) bond motifs is 1. The fourth-order valence-electron chi connectivity index (χ4n) is 2.46. The van der Waals surface area contributed by atoms with Crippen molar-refractivity contribution in [1.29, 1.82) is 5.26 Å². The van der Waals surface area contributed by atoms with E-state index in [1.165, 1.54) is 11.3 Å². The zero-order valence-corrected chi connectivity index (χ0v) is 9.90. The fourth-order valence-corrected chi connectivity index (χ4v) is 2.46. The monoisotopic (exact) mass is 218 g/mol. The average molecular weight is 218 g/mol. The molecule has 0 saturated carbocycles. The van der Waals surface area contributed by atoms with Gasteiger partial charge in [-0.25, -0.2) is 0 Å². The quantitative estimate of drug-likeness (QED) is 0.824. The average Bonchev–Trinajstić information content (AvgIpc) is 2.60. The first-order valence-electron chi connectivity index (χ1n) is 5.87. The van der Waals surface area contributed by atoms with Gasteiger partial charge in [0.15, 0.2) is 0 Å². The third kappa shape index (κ3) is 1.72. The van der Waals surface area contributed by atoms with Crippen molar-refractivity contribution in [2.24, 2.45) is 5.73 Å². The summed E-state index contributed by atoms with van der Waals surface area (Å²) in [4.78, 5) is 0. The van der Waals surface area contributed by atoms with Crippen LogP contribution in [0.1, 0.15) is 55.6 Å². The summed E-state index contributed by atoms with van der Waals surface area (Å²) in [7, 11) is 0. The molecule has 1 aromatic rings.